The molecule has 9 heavy (non-hydrogen) atoms. The lowest BCUT2D eigenvalue weighted by Crippen LogP contribution is -2.00. The van der Waals surface area contributed by atoms with Crippen LogP contribution in [0.5, 0.6) is 0 Å². The van der Waals surface area contributed by atoms with E-state index < -0.39 is 0 Å². The van der Waals surface area contributed by atoms with Gasteiger partial charge in [0.1, 0.15) is 0 Å². The van der Waals surface area contributed by atoms with E-state index >= 15 is 0 Å². The second-order valence-corrected chi connectivity index (χ2v) is 4.01. The number of thioether (sulfide) groups is 1. The van der Waals surface area contributed by atoms with E-state index in [0.29, 0.717) is 22.3 Å². The minimum atomic E-state index is 0.496. The van der Waals surface area contributed by atoms with Crippen molar-refractivity contribution in [2.75, 3.05) is 11.8 Å². The monoisotopic (exact) mass is 182 g/mol. The van der Waals surface area contributed by atoms with Gasteiger partial charge in [0, 0.05) is 22.3 Å². The number of hydrogen-bond acceptors (Lipinski definition) is 1. The van der Waals surface area contributed by atoms with E-state index in [9.17, 15) is 0 Å². The Morgan fingerprint density at radius 3 is 1.78 bits per heavy atom. The second kappa shape index (κ2) is 3.75. The van der Waals surface area contributed by atoms with Crippen LogP contribution >= 0.6 is 35.0 Å². The van der Waals surface area contributed by atoms with Gasteiger partial charge in [0.15, 0.2) is 0 Å². The topological polar surface area (TPSA) is 0 Å². The summed E-state index contributed by atoms with van der Waals surface area (Å²) in [4.78, 5) is 0. The van der Waals surface area contributed by atoms with Crippen molar-refractivity contribution in [1.29, 1.82) is 0 Å². The Labute approximate surface area is 69.6 Å². The highest BCUT2D eigenvalue weighted by atomic mass is 35.5. The van der Waals surface area contributed by atoms with Crippen LogP contribution in [0.2, 0.25) is 0 Å². The first-order valence-corrected chi connectivity index (χ1v) is 4.83. The van der Waals surface area contributed by atoms with Crippen molar-refractivity contribution in [3.05, 3.63) is 12.2 Å². The lowest BCUT2D eigenvalue weighted by molar-refractivity contribution is 1.28. The molecule has 0 fully saturated rings. The zero-order chi connectivity index (χ0) is 6.69. The van der Waals surface area contributed by atoms with Crippen LogP contribution in [0, 0.1) is 0 Å². The lowest BCUT2D eigenvalue weighted by atomic mass is 10.3. The quantitative estimate of drug-likeness (QED) is 0.468. The van der Waals surface area contributed by atoms with Crippen molar-refractivity contribution in [3.8, 4) is 0 Å². The number of rotatable bonds is 2. The van der Waals surface area contributed by atoms with Gasteiger partial charge in [-0.05, 0) is 0 Å². The summed E-state index contributed by atoms with van der Waals surface area (Å²) in [5.74, 6) is 1.41. The summed E-state index contributed by atoms with van der Waals surface area (Å²) in [5, 5.41) is 0.992. The van der Waals surface area contributed by atoms with Crippen LogP contribution in [-0.2, 0) is 0 Å². The maximum atomic E-state index is 5.61. The number of hydrogen-bond donors (Lipinski definition) is 0. The van der Waals surface area contributed by atoms with Gasteiger partial charge in [-0.3, -0.25) is 0 Å². The van der Waals surface area contributed by atoms with Crippen LogP contribution in [-0.4, -0.2) is 22.3 Å². The van der Waals surface area contributed by atoms with Gasteiger partial charge in [-0.15, -0.1) is 35.0 Å². The SMILES string of the molecule is ClCC1C=CC(CCl)S1. The smallest absolute Gasteiger partial charge is 0.0378 e. The predicted molar refractivity (Wildman–Crippen MR) is 45.7 cm³/mol. The molecule has 0 aromatic carbocycles. The highest BCUT2D eigenvalue weighted by molar-refractivity contribution is 8.01. The molecule has 0 aromatic rings. The van der Waals surface area contributed by atoms with Crippen molar-refractivity contribution < 1.29 is 0 Å². The molecule has 1 rings (SSSR count). The van der Waals surface area contributed by atoms with Gasteiger partial charge in [0.25, 0.3) is 0 Å². The van der Waals surface area contributed by atoms with Gasteiger partial charge < -0.3 is 0 Å². The van der Waals surface area contributed by atoms with Crippen LogP contribution in [0.25, 0.3) is 0 Å². The summed E-state index contributed by atoms with van der Waals surface area (Å²) in [7, 11) is 0. The maximum absolute atomic E-state index is 5.61. The van der Waals surface area contributed by atoms with E-state index in [2.05, 4.69) is 12.2 Å². The maximum Gasteiger partial charge on any atom is 0.0378 e. The number of halogens is 2. The minimum Gasteiger partial charge on any atom is -0.144 e. The molecule has 0 radical (unpaired) electrons. The van der Waals surface area contributed by atoms with E-state index in [1.165, 1.54) is 0 Å². The molecule has 0 nitrogen and oxygen atoms in total. The first kappa shape index (κ1) is 7.77. The molecule has 0 N–H and O–H groups in total. The first-order chi connectivity index (χ1) is 4.36. The fraction of sp³-hybridized carbons (Fsp3) is 0.667. The summed E-state index contributed by atoms with van der Waals surface area (Å²) >= 11 is 13.1. The van der Waals surface area contributed by atoms with Gasteiger partial charge in [-0.2, -0.15) is 0 Å². The Kier molecular flexibility index (Phi) is 3.23. The summed E-state index contributed by atoms with van der Waals surface area (Å²) in [6, 6.07) is 0. The van der Waals surface area contributed by atoms with Gasteiger partial charge in [-0.1, -0.05) is 12.2 Å². The van der Waals surface area contributed by atoms with Gasteiger partial charge in [0.05, 0.1) is 0 Å². The van der Waals surface area contributed by atoms with E-state index in [0.717, 1.165) is 0 Å². The normalized spacial score (nSPS) is 33.6. The van der Waals surface area contributed by atoms with Gasteiger partial charge in [-0.25, -0.2) is 0 Å². The zero-order valence-electron chi connectivity index (χ0n) is 4.89. The van der Waals surface area contributed by atoms with Crippen molar-refractivity contribution in [2.24, 2.45) is 0 Å². The zero-order valence-corrected chi connectivity index (χ0v) is 7.22. The fourth-order valence-electron chi connectivity index (χ4n) is 0.739. The Morgan fingerprint density at radius 1 is 1.11 bits per heavy atom. The van der Waals surface area contributed by atoms with Crippen LogP contribution in [0.3, 0.4) is 0 Å². The van der Waals surface area contributed by atoms with Crippen LogP contribution in [0.15, 0.2) is 12.2 Å². The van der Waals surface area contributed by atoms with Crippen molar-refractivity contribution >= 4 is 35.0 Å². The van der Waals surface area contributed by atoms with E-state index in [4.69, 9.17) is 23.2 Å². The molecule has 0 spiro atoms. The van der Waals surface area contributed by atoms with E-state index in [1.54, 1.807) is 0 Å². The third-order valence-corrected chi connectivity index (χ3v) is 3.57. The van der Waals surface area contributed by atoms with Crippen molar-refractivity contribution in [3.63, 3.8) is 0 Å². The molecule has 2 unspecified atom stereocenters. The molecule has 1 aliphatic rings. The van der Waals surface area contributed by atoms with Gasteiger partial charge in [0.2, 0.25) is 0 Å². The van der Waals surface area contributed by atoms with Crippen molar-refractivity contribution in [2.45, 2.75) is 10.5 Å². The molecule has 1 heterocycles. The molecule has 0 bridgehead atoms. The molecular weight excluding hydrogens is 175 g/mol. The molecule has 52 valence electrons. The summed E-state index contributed by atoms with van der Waals surface area (Å²) in [5.41, 5.74) is 0. The molecule has 0 aliphatic carbocycles. The fourth-order valence-corrected chi connectivity index (χ4v) is 2.34. The summed E-state index contributed by atoms with van der Waals surface area (Å²) in [6.45, 7) is 0. The highest BCUT2D eigenvalue weighted by Crippen LogP contribution is 2.28. The second-order valence-electron chi connectivity index (χ2n) is 1.91. The Morgan fingerprint density at radius 2 is 1.56 bits per heavy atom. The molecule has 0 aromatic heterocycles. The van der Waals surface area contributed by atoms with E-state index in [-0.39, 0.29) is 0 Å². The summed E-state index contributed by atoms with van der Waals surface area (Å²) < 4.78 is 0. The van der Waals surface area contributed by atoms with E-state index in [1.807, 2.05) is 11.8 Å². The van der Waals surface area contributed by atoms with Crippen LogP contribution in [0.1, 0.15) is 0 Å². The lowest BCUT2D eigenvalue weighted by Gasteiger charge is -2.04. The number of alkyl halides is 2. The standard InChI is InChI=1S/C6H8Cl2S/c7-3-5-1-2-6(4-8)9-5/h1-2,5-6H,3-4H2. The molecule has 0 saturated heterocycles. The summed E-state index contributed by atoms with van der Waals surface area (Å²) in [6.07, 6.45) is 4.26. The first-order valence-electron chi connectivity index (χ1n) is 2.82. The predicted octanol–water partition coefficient (Wildman–Crippen LogP) is 2.50. The molecule has 0 saturated carbocycles. The highest BCUT2D eigenvalue weighted by Gasteiger charge is 2.16. The average molecular weight is 183 g/mol. The third kappa shape index (κ3) is 2.06. The molecular formula is C6H8Cl2S. The minimum absolute atomic E-state index is 0.496. The van der Waals surface area contributed by atoms with Crippen LogP contribution in [0.4, 0.5) is 0 Å². The third-order valence-electron chi connectivity index (χ3n) is 1.19. The van der Waals surface area contributed by atoms with Crippen molar-refractivity contribution in [1.82, 2.24) is 0 Å². The molecule has 2 atom stereocenters. The largest absolute Gasteiger partial charge is 0.144 e. The Hall–Kier alpha value is 0.670. The molecule has 0 amide bonds. The van der Waals surface area contributed by atoms with Crippen LogP contribution < -0.4 is 0 Å². The molecule has 3 heteroatoms. The Balaban J connectivity index is 2.31. The molecule has 1 aliphatic heterocycles. The Bertz CT molecular complexity index is 102. The van der Waals surface area contributed by atoms with Gasteiger partial charge >= 0.3 is 0 Å². The average Bonchev–Trinajstić information content (AvgIpc) is 2.34.